The second kappa shape index (κ2) is 36.5. The van der Waals surface area contributed by atoms with Crippen LogP contribution in [0.25, 0.3) is 0 Å². The van der Waals surface area contributed by atoms with Crippen LogP contribution in [0.5, 0.6) is 0 Å². The summed E-state index contributed by atoms with van der Waals surface area (Å²) in [6, 6.07) is 0. The summed E-state index contributed by atoms with van der Waals surface area (Å²) in [5.41, 5.74) is 5.34. The lowest BCUT2D eigenvalue weighted by atomic mass is 10.1. The van der Waals surface area contributed by atoms with E-state index in [-0.39, 0.29) is 32.6 Å². The lowest BCUT2D eigenvalue weighted by Gasteiger charge is -2.19. The molecule has 0 aromatic heterocycles. The second-order valence-electron chi connectivity index (χ2n) is 13.9. The third-order valence-corrected chi connectivity index (χ3v) is 9.67. The third-order valence-electron chi connectivity index (χ3n) is 8.69. The Labute approximate surface area is 339 Å². The molecule has 1 saturated heterocycles. The van der Waals surface area contributed by atoms with Crippen molar-refractivity contribution < 1.29 is 42.3 Å². The summed E-state index contributed by atoms with van der Waals surface area (Å²) in [6.07, 6.45) is 47.9. The minimum absolute atomic E-state index is 0.0351. The monoisotopic (exact) mass is 804 g/mol. The fraction of sp³-hybridized carbons (Fsp3) is 0.644. The molecule has 318 valence electrons. The van der Waals surface area contributed by atoms with Crippen molar-refractivity contribution in [2.45, 2.75) is 161 Å². The van der Waals surface area contributed by atoms with Crippen molar-refractivity contribution in [2.75, 3.05) is 26.4 Å². The molecule has 10 nitrogen and oxygen atoms in total. The Balaban J connectivity index is 2.25. The van der Waals surface area contributed by atoms with Crippen LogP contribution in [-0.4, -0.2) is 61.5 Å². The van der Waals surface area contributed by atoms with Crippen LogP contribution in [0, 0.1) is 0 Å². The summed E-state index contributed by atoms with van der Waals surface area (Å²) in [7, 11) is -4.40. The van der Waals surface area contributed by atoms with Gasteiger partial charge in [0.25, 0.3) is 0 Å². The summed E-state index contributed by atoms with van der Waals surface area (Å²) in [6.45, 7) is 3.46. The molecule has 0 aliphatic carbocycles. The summed E-state index contributed by atoms with van der Waals surface area (Å²) in [5.74, 6) is -0.937. The maximum absolute atomic E-state index is 12.6. The van der Waals surface area contributed by atoms with Gasteiger partial charge in [0.15, 0.2) is 6.10 Å². The number of allylic oxidation sites excluding steroid dienone is 13. The van der Waals surface area contributed by atoms with Gasteiger partial charge in [0.1, 0.15) is 6.61 Å². The zero-order valence-electron chi connectivity index (χ0n) is 34.5. The van der Waals surface area contributed by atoms with Gasteiger partial charge in [0.2, 0.25) is 0 Å². The van der Waals surface area contributed by atoms with Crippen LogP contribution >= 0.6 is 7.82 Å². The lowest BCUT2D eigenvalue weighted by molar-refractivity contribution is -0.161. The number of hydrogen-bond donors (Lipinski definition) is 2. The first-order valence-corrected chi connectivity index (χ1v) is 22.7. The highest BCUT2D eigenvalue weighted by Gasteiger charge is 2.36. The molecule has 4 atom stereocenters. The topological polar surface area (TPSA) is 147 Å². The molecular weight excluding hydrogens is 729 g/mol. The number of nitrogens with two attached hydrogens (primary N) is 1. The lowest BCUT2D eigenvalue weighted by Crippen LogP contribution is -2.29. The smallest absolute Gasteiger partial charge is 0.462 e. The molecule has 1 heterocycles. The number of esters is 2. The number of phosphoric ester groups is 1. The van der Waals surface area contributed by atoms with Crippen LogP contribution in [0.1, 0.15) is 142 Å². The van der Waals surface area contributed by atoms with E-state index in [1.807, 2.05) is 6.08 Å². The van der Waals surface area contributed by atoms with Crippen LogP contribution in [0.15, 0.2) is 85.1 Å². The molecule has 3 unspecified atom stereocenters. The van der Waals surface area contributed by atoms with Gasteiger partial charge in [-0.3, -0.25) is 18.6 Å². The Hall–Kier alpha value is -2.85. The number of rotatable bonds is 37. The molecule has 56 heavy (non-hydrogen) atoms. The van der Waals surface area contributed by atoms with E-state index in [1.54, 1.807) is 0 Å². The van der Waals surface area contributed by atoms with Gasteiger partial charge in [-0.1, -0.05) is 131 Å². The molecule has 0 aromatic rings. The molecule has 0 bridgehead atoms. The number of ether oxygens (including phenoxy) is 3. The normalized spacial score (nSPS) is 17.8. The van der Waals surface area contributed by atoms with E-state index in [0.29, 0.717) is 25.0 Å². The van der Waals surface area contributed by atoms with E-state index in [9.17, 15) is 19.0 Å². The number of carbonyl (C=O) groups excluding carboxylic acids is 2. The maximum atomic E-state index is 12.6. The SMILES string of the molecule is CC/C=C\C/C=C\C/C=C\C/C=C\CCCCCCC(=O)O[C@H](COC(=O)CCC/C=C\C/C=C\C/C=C\CC1OC1CCCCC)COP(=O)(O)OCCN. The Morgan fingerprint density at radius 2 is 1.23 bits per heavy atom. The highest BCUT2D eigenvalue weighted by Crippen LogP contribution is 2.43. The fourth-order valence-electron chi connectivity index (χ4n) is 5.47. The third kappa shape index (κ3) is 33.3. The number of hydrogen-bond acceptors (Lipinski definition) is 9. The van der Waals surface area contributed by atoms with Crippen LogP contribution in [0.4, 0.5) is 0 Å². The van der Waals surface area contributed by atoms with Crippen LogP contribution in [-0.2, 0) is 37.4 Å². The van der Waals surface area contributed by atoms with Gasteiger partial charge < -0.3 is 24.8 Å². The first-order chi connectivity index (χ1) is 27.3. The number of unbranched alkanes of at least 4 members (excludes halogenated alkanes) is 7. The molecule has 0 amide bonds. The Morgan fingerprint density at radius 1 is 0.661 bits per heavy atom. The van der Waals surface area contributed by atoms with Gasteiger partial charge in [-0.05, 0) is 83.5 Å². The predicted octanol–water partition coefficient (Wildman–Crippen LogP) is 11.0. The summed E-state index contributed by atoms with van der Waals surface area (Å²) < 4.78 is 38.4. The molecule has 1 aliphatic heterocycles. The van der Waals surface area contributed by atoms with Gasteiger partial charge in [-0.25, -0.2) is 4.57 Å². The first-order valence-electron chi connectivity index (χ1n) is 21.2. The molecule has 0 radical (unpaired) electrons. The first kappa shape index (κ1) is 51.2. The van der Waals surface area contributed by atoms with E-state index in [0.717, 1.165) is 77.0 Å². The summed E-state index contributed by atoms with van der Waals surface area (Å²) >= 11 is 0. The maximum Gasteiger partial charge on any atom is 0.472 e. The zero-order valence-corrected chi connectivity index (χ0v) is 35.4. The number of phosphoric acid groups is 1. The molecule has 11 heteroatoms. The molecule has 0 saturated carbocycles. The average Bonchev–Trinajstić information content (AvgIpc) is 3.94. The standard InChI is InChI=1S/C45H74NO9P/c1-3-5-7-8-9-10-11-12-13-14-15-16-17-22-25-28-32-36-45(48)54-41(40-53-56(49,50)52-38-37-46)39-51-44(47)35-31-27-24-21-19-18-20-23-26-30-34-43-42(55-43)33-29-6-4-2/h5,7,9-10,12-13,15-16,18,20-21,24,26,30,41-43H,3-4,6,8,11,14,17,19,22-23,25,27-29,31-40,46H2,1-2H3,(H,49,50)/b7-5-,10-9-,13-12-,16-15-,20-18-,24-21-,30-26-/t41-,42?,43?/m1/s1. The number of carbonyl (C=O) groups is 2. The Kier molecular flexibility index (Phi) is 33.3. The van der Waals surface area contributed by atoms with Gasteiger partial charge >= 0.3 is 19.8 Å². The quantitative estimate of drug-likeness (QED) is 0.0204. The molecule has 1 fully saturated rings. The molecular formula is C45H74NO9P. The minimum Gasteiger partial charge on any atom is -0.462 e. The van der Waals surface area contributed by atoms with Gasteiger partial charge in [-0.2, -0.15) is 0 Å². The highest BCUT2D eigenvalue weighted by molar-refractivity contribution is 7.47. The van der Waals surface area contributed by atoms with E-state index < -0.39 is 32.5 Å². The van der Waals surface area contributed by atoms with Gasteiger partial charge in [0, 0.05) is 19.4 Å². The van der Waals surface area contributed by atoms with E-state index in [4.69, 9.17) is 29.0 Å². The molecule has 0 spiro atoms. The molecule has 1 rings (SSSR count). The van der Waals surface area contributed by atoms with Crippen molar-refractivity contribution in [3.63, 3.8) is 0 Å². The van der Waals surface area contributed by atoms with Gasteiger partial charge in [-0.15, -0.1) is 0 Å². The van der Waals surface area contributed by atoms with Crippen molar-refractivity contribution in [1.29, 1.82) is 0 Å². The molecule has 3 N–H and O–H groups in total. The van der Waals surface area contributed by atoms with Crippen molar-refractivity contribution >= 4 is 19.8 Å². The van der Waals surface area contributed by atoms with Crippen molar-refractivity contribution in [3.8, 4) is 0 Å². The highest BCUT2D eigenvalue weighted by atomic mass is 31.2. The average molecular weight is 804 g/mol. The van der Waals surface area contributed by atoms with E-state index in [1.165, 1.54) is 25.7 Å². The minimum atomic E-state index is -4.40. The van der Waals surface area contributed by atoms with Crippen LogP contribution < -0.4 is 5.73 Å². The molecule has 0 aromatic carbocycles. The van der Waals surface area contributed by atoms with Crippen LogP contribution in [0.3, 0.4) is 0 Å². The van der Waals surface area contributed by atoms with Crippen molar-refractivity contribution in [1.82, 2.24) is 0 Å². The summed E-state index contributed by atoms with van der Waals surface area (Å²) in [5, 5.41) is 0. The number of epoxide rings is 1. The van der Waals surface area contributed by atoms with Crippen LogP contribution in [0.2, 0.25) is 0 Å². The Morgan fingerprint density at radius 3 is 1.86 bits per heavy atom. The van der Waals surface area contributed by atoms with Crippen molar-refractivity contribution in [3.05, 3.63) is 85.1 Å². The largest absolute Gasteiger partial charge is 0.472 e. The predicted molar refractivity (Wildman–Crippen MR) is 228 cm³/mol. The fourth-order valence-corrected chi connectivity index (χ4v) is 6.24. The Bertz CT molecular complexity index is 1260. The summed E-state index contributed by atoms with van der Waals surface area (Å²) in [4.78, 5) is 34.8. The van der Waals surface area contributed by atoms with Gasteiger partial charge in [0.05, 0.1) is 25.4 Å². The second-order valence-corrected chi connectivity index (χ2v) is 15.3. The molecule has 1 aliphatic rings. The zero-order chi connectivity index (χ0) is 40.8. The van der Waals surface area contributed by atoms with E-state index in [2.05, 4.69) is 92.8 Å². The van der Waals surface area contributed by atoms with E-state index >= 15 is 0 Å². The van der Waals surface area contributed by atoms with Crippen molar-refractivity contribution in [2.24, 2.45) is 5.73 Å².